The number of Topliss-reactive ketones (excluding diaryl/α,β-unsaturated/α-hetero) is 1. The van der Waals surface area contributed by atoms with E-state index in [1.54, 1.807) is 18.7 Å². The third kappa shape index (κ3) is 2.34. The molecule has 0 radical (unpaired) electrons. The molecule has 2 aromatic rings. The Hall–Kier alpha value is -1.75. The summed E-state index contributed by atoms with van der Waals surface area (Å²) in [4.78, 5) is 19.7. The monoisotopic (exact) mass is 250 g/mol. The van der Waals surface area contributed by atoms with Crippen molar-refractivity contribution < 1.29 is 4.79 Å². The predicted molar refractivity (Wildman–Crippen MR) is 63.0 cm³/mol. The van der Waals surface area contributed by atoms with Crippen LogP contribution in [0.15, 0.2) is 18.6 Å². The number of carbonyl (C=O) groups excluding carboxylic acids is 1. The molecule has 0 aromatic carbocycles. The number of hydrogen-bond donors (Lipinski definition) is 0. The van der Waals surface area contributed by atoms with E-state index in [2.05, 4.69) is 15.1 Å². The molecule has 0 N–H and O–H groups in total. The molecule has 6 heteroatoms. The van der Waals surface area contributed by atoms with Crippen molar-refractivity contribution in [3.63, 3.8) is 0 Å². The van der Waals surface area contributed by atoms with Gasteiger partial charge in [-0.25, -0.2) is 4.98 Å². The number of ketones is 1. The van der Waals surface area contributed by atoms with Crippen molar-refractivity contribution in [1.82, 2.24) is 19.7 Å². The lowest BCUT2D eigenvalue weighted by molar-refractivity contribution is 0.0985. The van der Waals surface area contributed by atoms with Gasteiger partial charge in [-0.2, -0.15) is 5.10 Å². The molecule has 2 aromatic heterocycles. The van der Waals surface area contributed by atoms with Gasteiger partial charge in [0.15, 0.2) is 5.78 Å². The molecule has 2 rings (SSSR count). The summed E-state index contributed by atoms with van der Waals surface area (Å²) in [6.45, 7) is 1.80. The Balaban J connectivity index is 2.25. The summed E-state index contributed by atoms with van der Waals surface area (Å²) < 4.78 is 1.62. The zero-order chi connectivity index (χ0) is 12.4. The molecule has 0 atom stereocenters. The van der Waals surface area contributed by atoms with Gasteiger partial charge in [0.2, 0.25) is 0 Å². The Morgan fingerprint density at radius 3 is 2.76 bits per heavy atom. The van der Waals surface area contributed by atoms with Crippen LogP contribution in [0.1, 0.15) is 21.9 Å². The average molecular weight is 251 g/mol. The molecule has 0 saturated heterocycles. The number of nitrogens with zero attached hydrogens (tertiary/aromatic N) is 4. The Morgan fingerprint density at radius 2 is 2.24 bits per heavy atom. The van der Waals surface area contributed by atoms with Crippen LogP contribution < -0.4 is 0 Å². The number of aryl methyl sites for hydroxylation is 2. The molecule has 5 nitrogen and oxygen atoms in total. The number of rotatable bonds is 3. The fraction of sp³-hybridized carbons (Fsp3) is 0.273. The second kappa shape index (κ2) is 4.63. The third-order valence-electron chi connectivity index (χ3n) is 2.44. The van der Waals surface area contributed by atoms with Crippen LogP contribution in [-0.4, -0.2) is 25.5 Å². The minimum atomic E-state index is -0.122. The highest BCUT2D eigenvalue weighted by Crippen LogP contribution is 2.20. The topological polar surface area (TPSA) is 60.7 Å². The van der Waals surface area contributed by atoms with Crippen LogP contribution in [0.5, 0.6) is 0 Å². The van der Waals surface area contributed by atoms with Crippen molar-refractivity contribution in [2.24, 2.45) is 7.05 Å². The number of carbonyl (C=O) groups is 1. The zero-order valence-electron chi connectivity index (χ0n) is 9.51. The molecule has 0 saturated carbocycles. The first kappa shape index (κ1) is 11.7. The summed E-state index contributed by atoms with van der Waals surface area (Å²) in [5.74, 6) is -0.122. The van der Waals surface area contributed by atoms with Gasteiger partial charge in [-0.1, -0.05) is 11.6 Å². The first-order valence-electron chi connectivity index (χ1n) is 5.06. The highest BCUT2D eigenvalue weighted by Gasteiger charge is 2.16. The van der Waals surface area contributed by atoms with Crippen LogP contribution in [0.4, 0.5) is 0 Å². The van der Waals surface area contributed by atoms with Crippen molar-refractivity contribution in [1.29, 1.82) is 0 Å². The summed E-state index contributed by atoms with van der Waals surface area (Å²) in [6, 6.07) is 0. The summed E-state index contributed by atoms with van der Waals surface area (Å²) in [5.41, 5.74) is 1.75. The minimum Gasteiger partial charge on any atom is -0.292 e. The first-order valence-corrected chi connectivity index (χ1v) is 5.44. The highest BCUT2D eigenvalue weighted by atomic mass is 35.5. The summed E-state index contributed by atoms with van der Waals surface area (Å²) in [6.07, 6.45) is 4.63. The van der Waals surface area contributed by atoms with Gasteiger partial charge in [-0.05, 0) is 6.92 Å². The van der Waals surface area contributed by atoms with E-state index in [1.165, 1.54) is 18.6 Å². The summed E-state index contributed by atoms with van der Waals surface area (Å²) in [5, 5.41) is 4.69. The Kier molecular flexibility index (Phi) is 3.19. The van der Waals surface area contributed by atoms with Crippen molar-refractivity contribution in [2.45, 2.75) is 13.3 Å². The lowest BCUT2D eigenvalue weighted by atomic mass is 10.1. The molecule has 0 amide bonds. The molecule has 2 heterocycles. The normalized spacial score (nSPS) is 10.5. The Bertz CT molecular complexity index is 550. The maximum absolute atomic E-state index is 11.9. The minimum absolute atomic E-state index is 0.122. The number of aromatic nitrogens is 4. The van der Waals surface area contributed by atoms with E-state index in [9.17, 15) is 4.79 Å². The van der Waals surface area contributed by atoms with Gasteiger partial charge < -0.3 is 0 Å². The van der Waals surface area contributed by atoms with E-state index < -0.39 is 0 Å². The van der Waals surface area contributed by atoms with Crippen LogP contribution >= 0.6 is 11.6 Å². The largest absolute Gasteiger partial charge is 0.292 e. The van der Waals surface area contributed by atoms with E-state index in [0.29, 0.717) is 16.4 Å². The van der Waals surface area contributed by atoms with E-state index >= 15 is 0 Å². The van der Waals surface area contributed by atoms with Gasteiger partial charge in [0, 0.05) is 19.4 Å². The predicted octanol–water partition coefficient (Wildman–Crippen LogP) is 1.60. The van der Waals surface area contributed by atoms with Gasteiger partial charge in [-0.3, -0.25) is 14.5 Å². The fourth-order valence-electron chi connectivity index (χ4n) is 1.56. The molecule has 88 valence electrons. The molecule has 0 aliphatic rings. The molecule has 0 unspecified atom stereocenters. The molecular weight excluding hydrogens is 240 g/mol. The third-order valence-corrected chi connectivity index (χ3v) is 2.93. The van der Waals surface area contributed by atoms with Crippen molar-refractivity contribution in [2.75, 3.05) is 0 Å². The second-order valence-electron chi connectivity index (χ2n) is 3.66. The van der Waals surface area contributed by atoms with Crippen molar-refractivity contribution in [3.8, 4) is 0 Å². The lowest BCUT2D eigenvalue weighted by Crippen LogP contribution is -2.10. The quantitative estimate of drug-likeness (QED) is 0.777. The standard InChI is InChI=1S/C11H11ClN4O/c1-7-11(12)9(16(2)15-7)5-10(17)8-6-13-3-4-14-8/h3-4,6H,5H2,1-2H3. The summed E-state index contributed by atoms with van der Waals surface area (Å²) >= 11 is 6.07. The SMILES string of the molecule is Cc1nn(C)c(CC(=O)c2cnccn2)c1Cl. The van der Waals surface area contributed by atoms with Gasteiger partial charge >= 0.3 is 0 Å². The van der Waals surface area contributed by atoms with E-state index in [0.717, 1.165) is 5.69 Å². The Labute approximate surface area is 103 Å². The average Bonchev–Trinajstić information content (AvgIpc) is 2.57. The second-order valence-corrected chi connectivity index (χ2v) is 4.04. The maximum atomic E-state index is 11.9. The van der Waals surface area contributed by atoms with Gasteiger partial charge in [0.05, 0.1) is 29.0 Å². The maximum Gasteiger partial charge on any atom is 0.188 e. The van der Waals surface area contributed by atoms with E-state index in [-0.39, 0.29) is 12.2 Å². The Morgan fingerprint density at radius 1 is 1.47 bits per heavy atom. The smallest absolute Gasteiger partial charge is 0.188 e. The first-order chi connectivity index (χ1) is 8.09. The van der Waals surface area contributed by atoms with Crippen LogP contribution in [0, 0.1) is 6.92 Å². The number of hydrogen-bond acceptors (Lipinski definition) is 4. The number of halogens is 1. The van der Waals surface area contributed by atoms with Gasteiger partial charge in [-0.15, -0.1) is 0 Å². The van der Waals surface area contributed by atoms with E-state index in [4.69, 9.17) is 11.6 Å². The molecule has 0 fully saturated rings. The molecule has 17 heavy (non-hydrogen) atoms. The van der Waals surface area contributed by atoms with Crippen molar-refractivity contribution in [3.05, 3.63) is 40.7 Å². The van der Waals surface area contributed by atoms with Crippen LogP contribution in [0.25, 0.3) is 0 Å². The van der Waals surface area contributed by atoms with Gasteiger partial charge in [0.25, 0.3) is 0 Å². The fourth-order valence-corrected chi connectivity index (χ4v) is 1.78. The van der Waals surface area contributed by atoms with Crippen LogP contribution in [-0.2, 0) is 13.5 Å². The molecule has 0 spiro atoms. The zero-order valence-corrected chi connectivity index (χ0v) is 10.3. The molecule has 0 aliphatic carbocycles. The molecular formula is C11H11ClN4O. The lowest BCUT2D eigenvalue weighted by Gasteiger charge is -2.01. The van der Waals surface area contributed by atoms with Gasteiger partial charge in [0.1, 0.15) is 5.69 Å². The van der Waals surface area contributed by atoms with Crippen molar-refractivity contribution >= 4 is 17.4 Å². The summed E-state index contributed by atoms with van der Waals surface area (Å²) in [7, 11) is 1.76. The molecule has 0 bridgehead atoms. The van der Waals surface area contributed by atoms with Crippen LogP contribution in [0.2, 0.25) is 5.02 Å². The molecule has 0 aliphatic heterocycles. The van der Waals surface area contributed by atoms with Crippen LogP contribution in [0.3, 0.4) is 0 Å². The van der Waals surface area contributed by atoms with E-state index in [1.807, 2.05) is 0 Å². The highest BCUT2D eigenvalue weighted by molar-refractivity contribution is 6.32.